The fraction of sp³-hybridized carbons (Fsp3) is 0.364. The number of fused-ring (bicyclic) bond motifs is 1. The van der Waals surface area contributed by atoms with Crippen LogP contribution in [0.2, 0.25) is 5.02 Å². The van der Waals surface area contributed by atoms with Crippen LogP contribution in [0.15, 0.2) is 18.2 Å². The number of carboxylic acids is 1. The van der Waals surface area contributed by atoms with Gasteiger partial charge in [-0.2, -0.15) is 0 Å². The topological polar surface area (TPSA) is 72.6 Å². The molecule has 1 aliphatic rings. The van der Waals surface area contributed by atoms with Crippen molar-refractivity contribution in [1.82, 2.24) is 0 Å². The molecule has 0 amide bonds. The average Bonchev–Trinajstić information content (AvgIpc) is 2.19. The van der Waals surface area contributed by atoms with Crippen molar-refractivity contribution in [2.24, 2.45) is 5.73 Å². The molecule has 16 heavy (non-hydrogen) atoms. The molecule has 0 saturated carbocycles. The van der Waals surface area contributed by atoms with Crippen molar-refractivity contribution in [2.75, 3.05) is 0 Å². The van der Waals surface area contributed by atoms with Gasteiger partial charge in [-0.1, -0.05) is 11.6 Å². The first-order valence-corrected chi connectivity index (χ1v) is 5.30. The van der Waals surface area contributed by atoms with Gasteiger partial charge in [-0.05, 0) is 25.1 Å². The van der Waals surface area contributed by atoms with Gasteiger partial charge in [0.2, 0.25) is 0 Å². The normalized spacial score (nSPS) is 28.1. The third-order valence-corrected chi connectivity index (χ3v) is 2.98. The highest BCUT2D eigenvalue weighted by Crippen LogP contribution is 2.39. The smallest absolute Gasteiger partial charge is 0.328 e. The second-order valence-electron chi connectivity index (χ2n) is 4.05. The van der Waals surface area contributed by atoms with Gasteiger partial charge in [0.05, 0.1) is 6.10 Å². The zero-order chi connectivity index (χ0) is 11.9. The Hall–Kier alpha value is -1.26. The number of hydrogen-bond acceptors (Lipinski definition) is 3. The molecule has 2 unspecified atom stereocenters. The van der Waals surface area contributed by atoms with Crippen LogP contribution in [0.3, 0.4) is 0 Å². The molecule has 0 fully saturated rings. The van der Waals surface area contributed by atoms with Gasteiger partial charge in [-0.25, -0.2) is 4.79 Å². The molecular formula is C11H12ClNO3. The van der Waals surface area contributed by atoms with Crippen LogP contribution in [-0.2, 0) is 10.3 Å². The lowest BCUT2D eigenvalue weighted by Crippen LogP contribution is -2.50. The predicted molar refractivity (Wildman–Crippen MR) is 59.7 cm³/mol. The molecule has 0 radical (unpaired) electrons. The SMILES string of the molecule is CC1CC(N)(C(=O)O)c2cc(Cl)ccc2O1. The zero-order valence-electron chi connectivity index (χ0n) is 8.74. The molecule has 1 aromatic rings. The highest BCUT2D eigenvalue weighted by molar-refractivity contribution is 6.30. The van der Waals surface area contributed by atoms with E-state index in [1.807, 2.05) is 0 Å². The Morgan fingerprint density at radius 3 is 3.00 bits per heavy atom. The third-order valence-electron chi connectivity index (χ3n) is 2.74. The van der Waals surface area contributed by atoms with Crippen molar-refractivity contribution in [3.8, 4) is 5.75 Å². The van der Waals surface area contributed by atoms with E-state index in [9.17, 15) is 9.90 Å². The maximum absolute atomic E-state index is 11.3. The van der Waals surface area contributed by atoms with Gasteiger partial charge < -0.3 is 15.6 Å². The minimum absolute atomic E-state index is 0.227. The molecule has 3 N–H and O–H groups in total. The summed E-state index contributed by atoms with van der Waals surface area (Å²) in [5, 5.41) is 9.68. The Kier molecular flexibility index (Phi) is 2.56. The van der Waals surface area contributed by atoms with E-state index in [1.54, 1.807) is 25.1 Å². The zero-order valence-corrected chi connectivity index (χ0v) is 9.49. The van der Waals surface area contributed by atoms with E-state index >= 15 is 0 Å². The van der Waals surface area contributed by atoms with Crippen molar-refractivity contribution in [3.63, 3.8) is 0 Å². The van der Waals surface area contributed by atoms with Gasteiger partial charge in [0.15, 0.2) is 0 Å². The van der Waals surface area contributed by atoms with Crippen LogP contribution in [0.4, 0.5) is 0 Å². The van der Waals surface area contributed by atoms with Gasteiger partial charge in [0.1, 0.15) is 11.3 Å². The van der Waals surface area contributed by atoms with Crippen molar-refractivity contribution in [2.45, 2.75) is 25.0 Å². The van der Waals surface area contributed by atoms with Crippen LogP contribution in [0, 0.1) is 0 Å². The number of nitrogens with two attached hydrogens (primary N) is 1. The summed E-state index contributed by atoms with van der Waals surface area (Å²) in [6, 6.07) is 4.86. The maximum atomic E-state index is 11.3. The molecule has 0 aromatic heterocycles. The standard InChI is InChI=1S/C11H12ClNO3/c1-6-5-11(13,10(14)15)8-4-7(12)2-3-9(8)16-6/h2-4,6H,5,13H2,1H3,(H,14,15). The first-order chi connectivity index (χ1) is 7.43. The third kappa shape index (κ3) is 1.64. The minimum Gasteiger partial charge on any atom is -0.490 e. The van der Waals surface area contributed by atoms with Crippen LogP contribution in [0.1, 0.15) is 18.9 Å². The van der Waals surface area contributed by atoms with E-state index in [0.29, 0.717) is 16.3 Å². The van der Waals surface area contributed by atoms with Crippen molar-refractivity contribution >= 4 is 17.6 Å². The lowest BCUT2D eigenvalue weighted by molar-refractivity contribution is -0.145. The molecule has 0 aliphatic carbocycles. The predicted octanol–water partition coefficient (Wildman–Crippen LogP) is 1.75. The second-order valence-corrected chi connectivity index (χ2v) is 4.49. The van der Waals surface area contributed by atoms with Crippen LogP contribution in [-0.4, -0.2) is 17.2 Å². The number of hydrogen-bond donors (Lipinski definition) is 2. The molecule has 4 nitrogen and oxygen atoms in total. The fourth-order valence-electron chi connectivity index (χ4n) is 1.98. The van der Waals surface area contributed by atoms with Gasteiger partial charge in [-0.3, -0.25) is 0 Å². The monoisotopic (exact) mass is 241 g/mol. The van der Waals surface area contributed by atoms with Crippen LogP contribution in [0.25, 0.3) is 0 Å². The lowest BCUT2D eigenvalue weighted by atomic mass is 9.83. The molecule has 1 aromatic carbocycles. The van der Waals surface area contributed by atoms with Gasteiger partial charge in [0.25, 0.3) is 0 Å². The van der Waals surface area contributed by atoms with Crippen molar-refractivity contribution in [1.29, 1.82) is 0 Å². The Morgan fingerprint density at radius 2 is 2.38 bits per heavy atom. The van der Waals surface area contributed by atoms with E-state index in [0.717, 1.165) is 0 Å². The van der Waals surface area contributed by atoms with Gasteiger partial charge in [-0.15, -0.1) is 0 Å². The Bertz CT molecular complexity index is 449. The van der Waals surface area contributed by atoms with Gasteiger partial charge >= 0.3 is 5.97 Å². The number of halogens is 1. The van der Waals surface area contributed by atoms with E-state index in [4.69, 9.17) is 22.1 Å². The molecule has 0 bridgehead atoms. The number of benzene rings is 1. The van der Waals surface area contributed by atoms with Gasteiger partial charge in [0, 0.05) is 17.0 Å². The number of rotatable bonds is 1. The van der Waals surface area contributed by atoms with Crippen molar-refractivity contribution in [3.05, 3.63) is 28.8 Å². The van der Waals surface area contributed by atoms with E-state index < -0.39 is 11.5 Å². The summed E-state index contributed by atoms with van der Waals surface area (Å²) in [6.45, 7) is 1.79. The van der Waals surface area contributed by atoms with E-state index in [2.05, 4.69) is 0 Å². The Labute approximate surface area is 98.0 Å². The van der Waals surface area contributed by atoms with E-state index in [1.165, 1.54) is 0 Å². The minimum atomic E-state index is -1.42. The van der Waals surface area contributed by atoms with Crippen LogP contribution in [0.5, 0.6) is 5.75 Å². The molecular weight excluding hydrogens is 230 g/mol. The van der Waals surface area contributed by atoms with E-state index in [-0.39, 0.29) is 12.5 Å². The summed E-state index contributed by atoms with van der Waals surface area (Å²) in [6.07, 6.45) is 0.00476. The Morgan fingerprint density at radius 1 is 1.69 bits per heavy atom. The molecule has 1 aliphatic heterocycles. The number of ether oxygens (including phenoxy) is 1. The Balaban J connectivity index is 2.60. The van der Waals surface area contributed by atoms with Crippen LogP contribution < -0.4 is 10.5 Å². The highest BCUT2D eigenvalue weighted by atomic mass is 35.5. The number of carbonyl (C=O) groups is 1. The average molecular weight is 242 g/mol. The van der Waals surface area contributed by atoms with Crippen molar-refractivity contribution < 1.29 is 14.6 Å². The highest BCUT2D eigenvalue weighted by Gasteiger charge is 2.43. The molecule has 1 heterocycles. The summed E-state index contributed by atoms with van der Waals surface area (Å²) < 4.78 is 5.53. The van der Waals surface area contributed by atoms with Crippen LogP contribution >= 0.6 is 11.6 Å². The summed E-state index contributed by atoms with van der Waals surface area (Å²) in [4.78, 5) is 11.3. The first-order valence-electron chi connectivity index (χ1n) is 4.92. The second kappa shape index (κ2) is 3.64. The quantitative estimate of drug-likeness (QED) is 0.786. The molecule has 5 heteroatoms. The fourth-order valence-corrected chi connectivity index (χ4v) is 2.15. The summed E-state index contributed by atoms with van der Waals surface area (Å²) in [7, 11) is 0. The number of carboxylic acid groups (broad SMARTS) is 1. The molecule has 0 spiro atoms. The summed E-state index contributed by atoms with van der Waals surface area (Å²) in [5.41, 5.74) is 4.95. The largest absolute Gasteiger partial charge is 0.490 e. The molecule has 0 saturated heterocycles. The lowest BCUT2D eigenvalue weighted by Gasteiger charge is -2.35. The maximum Gasteiger partial charge on any atom is 0.328 e. The summed E-state index contributed by atoms with van der Waals surface area (Å²) >= 11 is 5.84. The first kappa shape index (κ1) is 11.2. The molecule has 2 atom stereocenters. The molecule has 2 rings (SSSR count). The molecule has 86 valence electrons. The number of aliphatic carboxylic acids is 1. The summed E-state index contributed by atoms with van der Waals surface area (Å²) in [5.74, 6) is -0.570.